The molecule has 0 aliphatic carbocycles. The third-order valence-electron chi connectivity index (χ3n) is 4.37. The van der Waals surface area contributed by atoms with E-state index in [2.05, 4.69) is 4.90 Å². The summed E-state index contributed by atoms with van der Waals surface area (Å²) < 4.78 is 5.60. The highest BCUT2D eigenvalue weighted by Gasteiger charge is 2.21. The Bertz CT molecular complexity index is 751. The van der Waals surface area contributed by atoms with Crippen molar-refractivity contribution in [3.8, 4) is 17.0 Å². The molecule has 1 saturated heterocycles. The predicted octanol–water partition coefficient (Wildman–Crippen LogP) is 4.13. The van der Waals surface area contributed by atoms with Crippen LogP contribution in [0.2, 0.25) is 0 Å². The maximum absolute atomic E-state index is 11.3. The van der Waals surface area contributed by atoms with Crippen LogP contribution in [0.1, 0.15) is 36.6 Å². The number of nitrogens with zero attached hydrogens (tertiary/aromatic N) is 2. The van der Waals surface area contributed by atoms with Crippen molar-refractivity contribution in [2.24, 2.45) is 0 Å². The smallest absolute Gasteiger partial charge is 0.308 e. The quantitative estimate of drug-likeness (QED) is 0.839. The van der Waals surface area contributed by atoms with Crippen LogP contribution < -0.4 is 9.64 Å². The van der Waals surface area contributed by atoms with Gasteiger partial charge in [0.2, 0.25) is 0 Å². The summed E-state index contributed by atoms with van der Waals surface area (Å²) >= 11 is 1.51. The highest BCUT2D eigenvalue weighted by atomic mass is 32.1. The fraction of sp³-hybridized carbons (Fsp3) is 0.474. The zero-order valence-corrected chi connectivity index (χ0v) is 15.6. The van der Waals surface area contributed by atoms with Crippen LogP contribution in [0.4, 0.5) is 5.13 Å². The maximum atomic E-state index is 11.3. The number of aromatic nitrogens is 1. The molecule has 2 heterocycles. The van der Waals surface area contributed by atoms with Gasteiger partial charge < -0.3 is 14.7 Å². The number of hydrogen-bond donors (Lipinski definition) is 1. The summed E-state index contributed by atoms with van der Waals surface area (Å²) in [6.07, 6.45) is 3.61. The van der Waals surface area contributed by atoms with Gasteiger partial charge in [-0.3, -0.25) is 4.79 Å². The molecule has 134 valence electrons. The van der Waals surface area contributed by atoms with Crippen LogP contribution in [-0.2, 0) is 11.2 Å². The van der Waals surface area contributed by atoms with Gasteiger partial charge in [-0.25, -0.2) is 4.98 Å². The SMILES string of the molecule is CCOc1ccc(-c2nc(N3CCCCC3)sc2CC(=O)O)cc1C. The number of hydrogen-bond acceptors (Lipinski definition) is 5. The van der Waals surface area contributed by atoms with E-state index in [1.165, 1.54) is 30.6 Å². The molecule has 6 heteroatoms. The van der Waals surface area contributed by atoms with E-state index in [0.29, 0.717) is 6.61 Å². The Labute approximate surface area is 152 Å². The van der Waals surface area contributed by atoms with E-state index in [1.54, 1.807) is 0 Å². The minimum absolute atomic E-state index is 0.00704. The lowest BCUT2D eigenvalue weighted by molar-refractivity contribution is -0.136. The van der Waals surface area contributed by atoms with Crippen LogP contribution in [0.3, 0.4) is 0 Å². The Balaban J connectivity index is 1.96. The highest BCUT2D eigenvalue weighted by Crippen LogP contribution is 2.36. The Morgan fingerprint density at radius 1 is 1.32 bits per heavy atom. The third kappa shape index (κ3) is 4.12. The molecule has 1 aromatic carbocycles. The number of aryl methyl sites for hydroxylation is 1. The molecule has 1 aliphatic rings. The number of anilines is 1. The molecule has 25 heavy (non-hydrogen) atoms. The van der Waals surface area contributed by atoms with Gasteiger partial charge in [-0.15, -0.1) is 11.3 Å². The molecular formula is C19H24N2O3S. The second-order valence-corrected chi connectivity index (χ2v) is 7.36. The Morgan fingerprint density at radius 3 is 2.72 bits per heavy atom. The zero-order chi connectivity index (χ0) is 17.8. The van der Waals surface area contributed by atoms with E-state index in [-0.39, 0.29) is 6.42 Å². The zero-order valence-electron chi connectivity index (χ0n) is 14.7. The molecule has 3 rings (SSSR count). The van der Waals surface area contributed by atoms with Gasteiger partial charge in [0.1, 0.15) is 5.75 Å². The van der Waals surface area contributed by atoms with Gasteiger partial charge in [-0.1, -0.05) is 0 Å². The topological polar surface area (TPSA) is 62.7 Å². The average Bonchev–Trinajstić information content (AvgIpc) is 3.01. The van der Waals surface area contributed by atoms with Crippen LogP contribution in [0, 0.1) is 6.92 Å². The van der Waals surface area contributed by atoms with Crippen LogP contribution in [0.15, 0.2) is 18.2 Å². The van der Waals surface area contributed by atoms with Crippen molar-refractivity contribution >= 4 is 22.4 Å². The number of carbonyl (C=O) groups is 1. The van der Waals surface area contributed by atoms with Gasteiger partial charge in [-0.05, 0) is 56.9 Å². The van der Waals surface area contributed by atoms with Gasteiger partial charge in [-0.2, -0.15) is 0 Å². The van der Waals surface area contributed by atoms with Crippen molar-refractivity contribution in [1.82, 2.24) is 4.98 Å². The lowest BCUT2D eigenvalue weighted by Crippen LogP contribution is -2.29. The van der Waals surface area contributed by atoms with Crippen LogP contribution >= 0.6 is 11.3 Å². The Kier molecular flexibility index (Phi) is 5.58. The van der Waals surface area contributed by atoms with Crippen LogP contribution in [0.5, 0.6) is 5.75 Å². The maximum Gasteiger partial charge on any atom is 0.308 e. The van der Waals surface area contributed by atoms with E-state index in [0.717, 1.165) is 45.7 Å². The number of benzene rings is 1. The molecule has 0 unspecified atom stereocenters. The molecule has 1 N–H and O–H groups in total. The lowest BCUT2D eigenvalue weighted by atomic mass is 10.1. The second kappa shape index (κ2) is 7.87. The number of carboxylic acid groups (broad SMARTS) is 1. The molecule has 0 amide bonds. The van der Waals surface area contributed by atoms with Crippen molar-refractivity contribution in [2.75, 3.05) is 24.6 Å². The third-order valence-corrected chi connectivity index (χ3v) is 5.49. The number of aliphatic carboxylic acids is 1. The first-order valence-electron chi connectivity index (χ1n) is 8.78. The summed E-state index contributed by atoms with van der Waals surface area (Å²) in [5, 5.41) is 10.2. The summed E-state index contributed by atoms with van der Waals surface area (Å²) in [7, 11) is 0. The predicted molar refractivity (Wildman–Crippen MR) is 101 cm³/mol. The minimum Gasteiger partial charge on any atom is -0.494 e. The molecule has 5 nitrogen and oxygen atoms in total. The standard InChI is InChI=1S/C19H24N2O3S/c1-3-24-15-8-7-14(11-13(15)2)18-16(12-17(22)23)25-19(20-18)21-9-5-4-6-10-21/h7-8,11H,3-6,9-10,12H2,1-2H3,(H,22,23). The summed E-state index contributed by atoms with van der Waals surface area (Å²) in [6.45, 7) is 6.59. The van der Waals surface area contributed by atoms with Crippen molar-refractivity contribution in [2.45, 2.75) is 39.5 Å². The molecular weight excluding hydrogens is 336 g/mol. The van der Waals surface area contributed by atoms with Crippen LogP contribution in [-0.4, -0.2) is 35.8 Å². The van der Waals surface area contributed by atoms with E-state index in [4.69, 9.17) is 9.72 Å². The number of piperidine rings is 1. The molecule has 0 bridgehead atoms. The fourth-order valence-electron chi connectivity index (χ4n) is 3.16. The molecule has 1 aromatic heterocycles. The summed E-state index contributed by atoms with van der Waals surface area (Å²) in [5.41, 5.74) is 2.78. The van der Waals surface area contributed by atoms with Crippen molar-refractivity contribution in [3.63, 3.8) is 0 Å². The largest absolute Gasteiger partial charge is 0.494 e. The summed E-state index contributed by atoms with van der Waals surface area (Å²) in [5.74, 6) is 0.0373. The number of thiazole rings is 1. The second-order valence-electron chi connectivity index (χ2n) is 6.30. The first-order chi connectivity index (χ1) is 12.1. The first-order valence-corrected chi connectivity index (χ1v) is 9.60. The highest BCUT2D eigenvalue weighted by molar-refractivity contribution is 7.16. The number of rotatable bonds is 6. The molecule has 0 saturated carbocycles. The van der Waals surface area contributed by atoms with Gasteiger partial charge >= 0.3 is 5.97 Å². The molecule has 0 radical (unpaired) electrons. The van der Waals surface area contributed by atoms with Gasteiger partial charge in [0, 0.05) is 23.5 Å². The van der Waals surface area contributed by atoms with E-state index in [1.807, 2.05) is 32.0 Å². The average molecular weight is 360 g/mol. The summed E-state index contributed by atoms with van der Waals surface area (Å²) in [6, 6.07) is 5.95. The van der Waals surface area contributed by atoms with Crippen molar-refractivity contribution < 1.29 is 14.6 Å². The van der Waals surface area contributed by atoms with Crippen molar-refractivity contribution in [3.05, 3.63) is 28.6 Å². The Hall–Kier alpha value is -2.08. The molecule has 1 aliphatic heterocycles. The van der Waals surface area contributed by atoms with Gasteiger partial charge in [0.05, 0.1) is 18.7 Å². The molecule has 0 atom stereocenters. The van der Waals surface area contributed by atoms with E-state index < -0.39 is 5.97 Å². The minimum atomic E-state index is -0.822. The normalized spacial score (nSPS) is 14.6. The van der Waals surface area contributed by atoms with E-state index >= 15 is 0 Å². The lowest BCUT2D eigenvalue weighted by Gasteiger charge is -2.25. The van der Waals surface area contributed by atoms with E-state index in [9.17, 15) is 9.90 Å². The molecule has 2 aromatic rings. The van der Waals surface area contributed by atoms with Gasteiger partial charge in [0.15, 0.2) is 5.13 Å². The molecule has 1 fully saturated rings. The summed E-state index contributed by atoms with van der Waals surface area (Å²) in [4.78, 5) is 19.2. The van der Waals surface area contributed by atoms with Crippen molar-refractivity contribution in [1.29, 1.82) is 0 Å². The Morgan fingerprint density at radius 2 is 2.08 bits per heavy atom. The number of carboxylic acids is 1. The van der Waals surface area contributed by atoms with Gasteiger partial charge in [0.25, 0.3) is 0 Å². The monoisotopic (exact) mass is 360 g/mol. The van der Waals surface area contributed by atoms with Crippen LogP contribution in [0.25, 0.3) is 11.3 Å². The number of ether oxygens (including phenoxy) is 1. The molecule has 0 spiro atoms. The fourth-order valence-corrected chi connectivity index (χ4v) is 4.28. The first kappa shape index (κ1) is 17.7.